The summed E-state index contributed by atoms with van der Waals surface area (Å²) in [6.07, 6.45) is 1.74. The van der Waals surface area contributed by atoms with Gasteiger partial charge in [0.25, 0.3) is 0 Å². The molecular weight excluding hydrogens is 458 g/mol. The zero-order chi connectivity index (χ0) is 25.2. The quantitative estimate of drug-likeness (QED) is 0.374. The topological polar surface area (TPSA) is 101 Å². The summed E-state index contributed by atoms with van der Waals surface area (Å²) in [5.41, 5.74) is 4.84. The first-order valence-electron chi connectivity index (χ1n) is 11.7. The molecule has 0 radical (unpaired) electrons. The lowest BCUT2D eigenvalue weighted by atomic mass is 10.0. The number of aliphatic hydroxyl groups is 1. The number of hydrogen-bond donors (Lipinski definition) is 1. The highest BCUT2D eigenvalue weighted by Crippen LogP contribution is 2.39. The molecule has 8 heteroatoms. The van der Waals surface area contributed by atoms with E-state index < -0.39 is 6.23 Å². The molecule has 2 aromatic heterocycles. The van der Waals surface area contributed by atoms with E-state index in [9.17, 15) is 10.4 Å². The Kier molecular flexibility index (Phi) is 6.61. The third-order valence-corrected chi connectivity index (χ3v) is 6.28. The highest BCUT2D eigenvalue weighted by atomic mass is 16.5. The van der Waals surface area contributed by atoms with Gasteiger partial charge in [-0.2, -0.15) is 5.26 Å². The van der Waals surface area contributed by atoms with E-state index in [1.54, 1.807) is 44.4 Å². The van der Waals surface area contributed by atoms with E-state index >= 15 is 0 Å². The van der Waals surface area contributed by atoms with Crippen LogP contribution >= 0.6 is 0 Å². The van der Waals surface area contributed by atoms with Crippen LogP contribution in [0.25, 0.3) is 33.6 Å². The second-order valence-corrected chi connectivity index (χ2v) is 8.91. The average Bonchev–Trinajstić information content (AvgIpc) is 3.57. The summed E-state index contributed by atoms with van der Waals surface area (Å²) in [5, 5.41) is 20.1. The molecule has 0 amide bonds. The lowest BCUT2D eigenvalue weighted by Gasteiger charge is -2.19. The van der Waals surface area contributed by atoms with Gasteiger partial charge in [0.15, 0.2) is 5.58 Å². The van der Waals surface area contributed by atoms with E-state index in [2.05, 4.69) is 11.1 Å². The van der Waals surface area contributed by atoms with Crippen molar-refractivity contribution >= 4 is 11.1 Å². The van der Waals surface area contributed by atoms with Crippen molar-refractivity contribution in [3.05, 3.63) is 65.9 Å². The van der Waals surface area contributed by atoms with Crippen molar-refractivity contribution in [2.75, 3.05) is 34.4 Å². The van der Waals surface area contributed by atoms with Crippen molar-refractivity contribution in [3.63, 3.8) is 0 Å². The molecule has 5 rings (SSSR count). The van der Waals surface area contributed by atoms with Crippen molar-refractivity contribution in [1.29, 1.82) is 5.26 Å². The molecule has 1 aliphatic heterocycles. The smallest absolute Gasteiger partial charge is 0.161 e. The summed E-state index contributed by atoms with van der Waals surface area (Å²) < 4.78 is 23.3. The van der Waals surface area contributed by atoms with Crippen molar-refractivity contribution < 1.29 is 23.7 Å². The van der Waals surface area contributed by atoms with Crippen molar-refractivity contribution in [2.45, 2.75) is 18.8 Å². The third kappa shape index (κ3) is 4.52. The number of pyridine rings is 1. The number of methoxy groups -OCH3 is 1. The fourth-order valence-corrected chi connectivity index (χ4v) is 4.34. The molecule has 0 saturated carbocycles. The molecule has 1 saturated heterocycles. The van der Waals surface area contributed by atoms with Gasteiger partial charge in [-0.25, -0.2) is 0 Å². The number of furan rings is 1. The van der Waals surface area contributed by atoms with E-state index in [1.807, 2.05) is 36.4 Å². The van der Waals surface area contributed by atoms with Crippen LogP contribution in [0.2, 0.25) is 0 Å². The highest BCUT2D eigenvalue weighted by molar-refractivity contribution is 5.93. The predicted octanol–water partition coefficient (Wildman–Crippen LogP) is 4.76. The molecule has 8 nitrogen and oxygen atoms in total. The van der Waals surface area contributed by atoms with E-state index in [1.165, 1.54) is 0 Å². The first-order valence-corrected chi connectivity index (χ1v) is 11.7. The van der Waals surface area contributed by atoms with Crippen LogP contribution in [0.1, 0.15) is 23.8 Å². The number of ether oxygens (including phenoxy) is 3. The van der Waals surface area contributed by atoms with Crippen LogP contribution in [-0.2, 0) is 4.74 Å². The van der Waals surface area contributed by atoms with Gasteiger partial charge in [-0.3, -0.25) is 9.88 Å². The summed E-state index contributed by atoms with van der Waals surface area (Å²) in [5.74, 6) is 1.72. The van der Waals surface area contributed by atoms with Crippen LogP contribution < -0.4 is 9.47 Å². The van der Waals surface area contributed by atoms with Crippen LogP contribution in [0.5, 0.6) is 11.5 Å². The zero-order valence-electron chi connectivity index (χ0n) is 20.4. The number of aromatic nitrogens is 1. The molecule has 1 aliphatic rings. The van der Waals surface area contributed by atoms with Gasteiger partial charge in [0.05, 0.1) is 31.5 Å². The van der Waals surface area contributed by atoms with Gasteiger partial charge in [0.2, 0.25) is 0 Å². The molecule has 3 heterocycles. The Morgan fingerprint density at radius 2 is 1.97 bits per heavy atom. The van der Waals surface area contributed by atoms with Gasteiger partial charge in [-0.15, -0.1) is 0 Å². The SMILES string of the molecule is COc1cc(C(O)N(C)C)ccc1-c1cc2nccc(-c3ccc(OC4CCOC4)c(C#N)c3)c2o1. The summed E-state index contributed by atoms with van der Waals surface area (Å²) in [4.78, 5) is 6.19. The monoisotopic (exact) mass is 485 g/mol. The summed E-state index contributed by atoms with van der Waals surface area (Å²) in [7, 11) is 5.19. The summed E-state index contributed by atoms with van der Waals surface area (Å²) >= 11 is 0. The van der Waals surface area contributed by atoms with Crippen LogP contribution in [0.3, 0.4) is 0 Å². The molecule has 2 unspecified atom stereocenters. The maximum absolute atomic E-state index is 10.4. The second kappa shape index (κ2) is 9.99. The Hall–Kier alpha value is -3.90. The lowest BCUT2D eigenvalue weighted by molar-refractivity contribution is 0.0394. The Bertz CT molecular complexity index is 1430. The molecule has 2 aromatic carbocycles. The minimum absolute atomic E-state index is 0.0385. The molecule has 4 aromatic rings. The first-order chi connectivity index (χ1) is 17.5. The zero-order valence-corrected chi connectivity index (χ0v) is 20.4. The number of benzene rings is 2. The van der Waals surface area contributed by atoms with Crippen LogP contribution in [0.15, 0.2) is 59.1 Å². The normalized spacial score (nSPS) is 16.3. The lowest BCUT2D eigenvalue weighted by Crippen LogP contribution is -2.19. The molecule has 0 bridgehead atoms. The van der Waals surface area contributed by atoms with E-state index in [-0.39, 0.29) is 6.10 Å². The second-order valence-electron chi connectivity index (χ2n) is 8.91. The maximum Gasteiger partial charge on any atom is 0.161 e. The van der Waals surface area contributed by atoms with Crippen LogP contribution in [0.4, 0.5) is 0 Å². The number of rotatable bonds is 7. The Morgan fingerprint density at radius 3 is 2.69 bits per heavy atom. The Morgan fingerprint density at radius 1 is 1.11 bits per heavy atom. The average molecular weight is 486 g/mol. The van der Waals surface area contributed by atoms with Crippen molar-refractivity contribution in [2.24, 2.45) is 0 Å². The molecule has 0 spiro atoms. The molecule has 1 fully saturated rings. The highest BCUT2D eigenvalue weighted by Gasteiger charge is 2.21. The predicted molar refractivity (Wildman–Crippen MR) is 135 cm³/mol. The van der Waals surface area contributed by atoms with Gasteiger partial charge in [-0.1, -0.05) is 12.1 Å². The van der Waals surface area contributed by atoms with Gasteiger partial charge in [-0.05, 0) is 55.6 Å². The molecular formula is C28H27N3O5. The fourth-order valence-electron chi connectivity index (χ4n) is 4.34. The van der Waals surface area contributed by atoms with Crippen LogP contribution in [0, 0.1) is 11.3 Å². The van der Waals surface area contributed by atoms with Crippen molar-refractivity contribution in [1.82, 2.24) is 9.88 Å². The molecule has 36 heavy (non-hydrogen) atoms. The molecule has 2 atom stereocenters. The molecule has 0 aliphatic carbocycles. The largest absolute Gasteiger partial charge is 0.496 e. The van der Waals surface area contributed by atoms with Gasteiger partial charge in [0, 0.05) is 24.2 Å². The molecule has 184 valence electrons. The maximum atomic E-state index is 10.4. The number of aliphatic hydroxyl groups excluding tert-OH is 1. The number of fused-ring (bicyclic) bond motifs is 1. The third-order valence-electron chi connectivity index (χ3n) is 6.28. The number of nitrogens with zero attached hydrogens (tertiary/aromatic N) is 3. The van der Waals surface area contributed by atoms with Crippen molar-refractivity contribution in [3.8, 4) is 40.0 Å². The Balaban J connectivity index is 1.52. The summed E-state index contributed by atoms with van der Waals surface area (Å²) in [6, 6.07) is 17.0. The minimum Gasteiger partial charge on any atom is -0.496 e. The molecule has 1 N–H and O–H groups in total. The Labute approximate surface area is 209 Å². The van der Waals surface area contributed by atoms with E-state index in [0.29, 0.717) is 52.7 Å². The first kappa shape index (κ1) is 23.8. The standard InChI is InChI=1S/C28H27N3O5/c1-31(2)28(32)18-4-6-22(25(13-18)33-3)26-14-23-27(36-26)21(8-10-30-23)17-5-7-24(19(12-17)15-29)35-20-9-11-34-16-20/h4-8,10,12-14,20,28,32H,9,11,16H2,1-3H3. The van der Waals surface area contributed by atoms with Crippen LogP contribution in [-0.4, -0.2) is 55.5 Å². The van der Waals surface area contributed by atoms with Gasteiger partial charge in [0.1, 0.15) is 41.2 Å². The fraction of sp³-hybridized carbons (Fsp3) is 0.286. The minimum atomic E-state index is -0.751. The number of hydrogen-bond acceptors (Lipinski definition) is 8. The summed E-state index contributed by atoms with van der Waals surface area (Å²) in [6.45, 7) is 1.20. The van der Waals surface area contributed by atoms with Gasteiger partial charge < -0.3 is 23.7 Å². The van der Waals surface area contributed by atoms with E-state index in [0.717, 1.165) is 23.1 Å². The number of nitriles is 1. The van der Waals surface area contributed by atoms with E-state index in [4.69, 9.17) is 18.6 Å². The van der Waals surface area contributed by atoms with Gasteiger partial charge >= 0.3 is 0 Å².